The van der Waals surface area contributed by atoms with Gasteiger partial charge in [0.25, 0.3) is 0 Å². The van der Waals surface area contributed by atoms with Gasteiger partial charge in [-0.1, -0.05) is 17.7 Å². The number of halogens is 2. The SMILES string of the molecule is CC(C)(NC(=O)CSc1ccc(C#N)cc1)c1ccc(F)cc1Cl. The van der Waals surface area contributed by atoms with Gasteiger partial charge in [0.15, 0.2) is 0 Å². The van der Waals surface area contributed by atoms with E-state index in [4.69, 9.17) is 16.9 Å². The summed E-state index contributed by atoms with van der Waals surface area (Å²) < 4.78 is 13.2. The largest absolute Gasteiger partial charge is 0.346 e. The lowest BCUT2D eigenvalue weighted by molar-refractivity contribution is -0.120. The molecule has 0 aromatic heterocycles. The van der Waals surface area contributed by atoms with Crippen LogP contribution in [0.4, 0.5) is 4.39 Å². The number of nitriles is 1. The van der Waals surface area contributed by atoms with Gasteiger partial charge < -0.3 is 5.32 Å². The summed E-state index contributed by atoms with van der Waals surface area (Å²) in [5.74, 6) is -0.342. The molecular weight excluding hydrogens is 347 g/mol. The Morgan fingerprint density at radius 1 is 1.29 bits per heavy atom. The van der Waals surface area contributed by atoms with Gasteiger partial charge in [0.05, 0.1) is 22.9 Å². The number of hydrogen-bond donors (Lipinski definition) is 1. The zero-order valence-corrected chi connectivity index (χ0v) is 14.8. The summed E-state index contributed by atoms with van der Waals surface area (Å²) >= 11 is 7.45. The summed E-state index contributed by atoms with van der Waals surface area (Å²) in [6.45, 7) is 3.63. The molecule has 3 nitrogen and oxygen atoms in total. The maximum atomic E-state index is 13.2. The molecule has 0 atom stereocenters. The molecule has 0 bridgehead atoms. The molecule has 124 valence electrons. The lowest BCUT2D eigenvalue weighted by Crippen LogP contribution is -2.42. The highest BCUT2D eigenvalue weighted by molar-refractivity contribution is 8.00. The van der Waals surface area contributed by atoms with Gasteiger partial charge in [-0.05, 0) is 55.8 Å². The fraction of sp³-hybridized carbons (Fsp3) is 0.222. The number of carbonyl (C=O) groups is 1. The molecule has 0 aliphatic heterocycles. The van der Waals surface area contributed by atoms with Gasteiger partial charge >= 0.3 is 0 Å². The van der Waals surface area contributed by atoms with Crippen LogP contribution in [0.3, 0.4) is 0 Å². The second kappa shape index (κ2) is 7.69. The minimum atomic E-state index is -0.715. The van der Waals surface area contributed by atoms with Crippen molar-refractivity contribution in [2.24, 2.45) is 0 Å². The van der Waals surface area contributed by atoms with Crippen molar-refractivity contribution < 1.29 is 9.18 Å². The monoisotopic (exact) mass is 362 g/mol. The standard InChI is InChI=1S/C18H16ClFN2OS/c1-18(2,15-8-5-13(20)9-16(15)19)22-17(23)11-24-14-6-3-12(10-21)4-7-14/h3-9H,11H2,1-2H3,(H,22,23). The van der Waals surface area contributed by atoms with Crippen LogP contribution in [0.5, 0.6) is 0 Å². The molecule has 0 aliphatic carbocycles. The Labute approximate surface area is 149 Å². The van der Waals surface area contributed by atoms with Crippen LogP contribution in [-0.4, -0.2) is 11.7 Å². The highest BCUT2D eigenvalue weighted by Gasteiger charge is 2.25. The summed E-state index contributed by atoms with van der Waals surface area (Å²) in [6.07, 6.45) is 0. The second-order valence-corrected chi connectivity index (χ2v) is 7.18. The van der Waals surface area contributed by atoms with Gasteiger partial charge in [0, 0.05) is 9.92 Å². The number of hydrogen-bond acceptors (Lipinski definition) is 3. The van der Waals surface area contributed by atoms with Gasteiger partial charge in [-0.2, -0.15) is 5.26 Å². The van der Waals surface area contributed by atoms with Crippen LogP contribution >= 0.6 is 23.4 Å². The zero-order chi connectivity index (χ0) is 17.7. The van der Waals surface area contributed by atoms with Crippen LogP contribution in [0.1, 0.15) is 25.0 Å². The van der Waals surface area contributed by atoms with Crippen LogP contribution in [-0.2, 0) is 10.3 Å². The summed E-state index contributed by atoms with van der Waals surface area (Å²) in [5, 5.41) is 12.0. The number of amides is 1. The van der Waals surface area contributed by atoms with E-state index in [0.717, 1.165) is 4.90 Å². The average Bonchev–Trinajstić information content (AvgIpc) is 2.52. The van der Waals surface area contributed by atoms with Crippen molar-refractivity contribution in [3.63, 3.8) is 0 Å². The van der Waals surface area contributed by atoms with Crippen LogP contribution in [0.25, 0.3) is 0 Å². The number of rotatable bonds is 5. The van der Waals surface area contributed by atoms with Gasteiger partial charge in [-0.15, -0.1) is 11.8 Å². The Bertz CT molecular complexity index is 785. The average molecular weight is 363 g/mol. The van der Waals surface area contributed by atoms with Gasteiger partial charge in [0.1, 0.15) is 5.82 Å². The molecule has 24 heavy (non-hydrogen) atoms. The van der Waals surface area contributed by atoms with Gasteiger partial charge in [0.2, 0.25) is 5.91 Å². The molecular formula is C18H16ClFN2OS. The van der Waals surface area contributed by atoms with E-state index in [-0.39, 0.29) is 16.7 Å². The number of thioether (sulfide) groups is 1. The quantitative estimate of drug-likeness (QED) is 0.797. The molecule has 0 heterocycles. The fourth-order valence-corrected chi connectivity index (χ4v) is 3.32. The van der Waals surface area contributed by atoms with Crippen molar-refractivity contribution in [1.29, 1.82) is 5.26 Å². The molecule has 0 saturated carbocycles. The molecule has 2 aromatic carbocycles. The lowest BCUT2D eigenvalue weighted by atomic mass is 9.94. The summed E-state index contributed by atoms with van der Waals surface area (Å²) in [7, 11) is 0. The molecule has 6 heteroatoms. The van der Waals surface area contributed by atoms with E-state index in [1.807, 2.05) is 19.9 Å². The molecule has 2 rings (SSSR count). The van der Waals surface area contributed by atoms with Crippen LogP contribution in [0, 0.1) is 17.1 Å². The van der Waals surface area contributed by atoms with Crippen LogP contribution in [0.15, 0.2) is 47.4 Å². The summed E-state index contributed by atoms with van der Waals surface area (Å²) in [4.78, 5) is 13.1. The first-order chi connectivity index (χ1) is 11.3. The van der Waals surface area contributed by atoms with Gasteiger partial charge in [-0.3, -0.25) is 4.79 Å². The third kappa shape index (κ3) is 4.73. The maximum absolute atomic E-state index is 13.2. The normalized spacial score (nSPS) is 11.0. The van der Waals surface area contributed by atoms with E-state index in [1.165, 1.54) is 23.9 Å². The van der Waals surface area contributed by atoms with E-state index in [9.17, 15) is 9.18 Å². The molecule has 2 aromatic rings. The predicted octanol–water partition coefficient (Wildman–Crippen LogP) is 4.49. The predicted molar refractivity (Wildman–Crippen MR) is 94.5 cm³/mol. The third-order valence-corrected chi connectivity index (χ3v) is 4.73. The van der Waals surface area contributed by atoms with Crippen molar-refractivity contribution in [2.75, 3.05) is 5.75 Å². The Morgan fingerprint density at radius 2 is 1.96 bits per heavy atom. The number of nitrogens with one attached hydrogen (secondary N) is 1. The van der Waals surface area contributed by atoms with Crippen molar-refractivity contribution in [2.45, 2.75) is 24.3 Å². The molecule has 1 amide bonds. The van der Waals surface area contributed by atoms with E-state index >= 15 is 0 Å². The molecule has 0 fully saturated rings. The second-order valence-electron chi connectivity index (χ2n) is 5.72. The van der Waals surface area contributed by atoms with Crippen molar-refractivity contribution in [3.05, 3.63) is 64.4 Å². The topological polar surface area (TPSA) is 52.9 Å². The molecule has 0 saturated heterocycles. The Morgan fingerprint density at radius 3 is 2.54 bits per heavy atom. The summed E-state index contributed by atoms with van der Waals surface area (Å²) in [5.41, 5.74) is 0.519. The minimum Gasteiger partial charge on any atom is -0.346 e. The zero-order valence-electron chi connectivity index (χ0n) is 13.3. The highest BCUT2D eigenvalue weighted by Crippen LogP contribution is 2.28. The Kier molecular flexibility index (Phi) is 5.87. The van der Waals surface area contributed by atoms with E-state index in [0.29, 0.717) is 11.1 Å². The Balaban J connectivity index is 1.98. The first-order valence-corrected chi connectivity index (χ1v) is 8.58. The molecule has 1 N–H and O–H groups in total. The molecule has 0 unspecified atom stereocenters. The molecule has 0 radical (unpaired) electrons. The molecule has 0 aliphatic rings. The summed E-state index contributed by atoms with van der Waals surface area (Å²) in [6, 6.07) is 13.2. The molecule has 0 spiro atoms. The van der Waals surface area contributed by atoms with Crippen LogP contribution in [0.2, 0.25) is 5.02 Å². The van der Waals surface area contributed by atoms with Crippen molar-refractivity contribution >= 4 is 29.3 Å². The Hall–Kier alpha value is -2.03. The fourth-order valence-electron chi connectivity index (χ4n) is 2.22. The highest BCUT2D eigenvalue weighted by atomic mass is 35.5. The number of benzene rings is 2. The van der Waals surface area contributed by atoms with Gasteiger partial charge in [-0.25, -0.2) is 4.39 Å². The smallest absolute Gasteiger partial charge is 0.231 e. The van der Waals surface area contributed by atoms with E-state index in [1.54, 1.807) is 30.3 Å². The van der Waals surface area contributed by atoms with Crippen molar-refractivity contribution in [1.82, 2.24) is 5.32 Å². The number of nitrogens with zero attached hydrogens (tertiary/aromatic N) is 1. The van der Waals surface area contributed by atoms with E-state index < -0.39 is 11.4 Å². The lowest BCUT2D eigenvalue weighted by Gasteiger charge is -2.28. The first kappa shape index (κ1) is 18.3. The van der Waals surface area contributed by atoms with Crippen LogP contribution < -0.4 is 5.32 Å². The number of carbonyl (C=O) groups excluding carboxylic acids is 1. The minimum absolute atomic E-state index is 0.158. The first-order valence-electron chi connectivity index (χ1n) is 7.21. The van der Waals surface area contributed by atoms with E-state index in [2.05, 4.69) is 5.32 Å². The maximum Gasteiger partial charge on any atom is 0.231 e. The third-order valence-electron chi connectivity index (χ3n) is 3.41. The van der Waals surface area contributed by atoms with Crippen molar-refractivity contribution in [3.8, 4) is 6.07 Å².